The summed E-state index contributed by atoms with van der Waals surface area (Å²) in [5.74, 6) is 0.749. The van der Waals surface area contributed by atoms with Crippen molar-refractivity contribution in [1.82, 2.24) is 25.3 Å². The van der Waals surface area contributed by atoms with Crippen LogP contribution in [0.25, 0.3) is 22.3 Å². The van der Waals surface area contributed by atoms with Crippen LogP contribution in [0.15, 0.2) is 174 Å². The van der Waals surface area contributed by atoms with E-state index in [0.717, 1.165) is 225 Å². The Morgan fingerprint density at radius 2 is 0.824 bits per heavy atom. The number of methoxy groups -OCH3 is 4. The standard InChI is InChI=1S/C28H32N2O3.C25H26N2O3.C22H31NO3.C21H27NO5.C8H8N2O.C4H6O4.C3H6O.C2H3BO2.CO2.Na/c1-3-14-30-21-9-10-22(30)17-26(24(16-21)18-5-11-23(33-2)12-6-18)28(32)29-20-8-4-19-7-13-27(31)25(19)15-20;1-30-20-9-3-15(4-10-20)21-12-17-7-8-18(26-17)14-23(21)25(29)27-19-6-2-16-5-11-24(28)22(16)13-19;1-6-15-13-17-9-10-18(23(17)21(24)26-22(2,3)4)14-20(15)16-7-11-19(25-5)12-8-16;1-21(2,3)27-20(25)22-14-7-8-15(22)12-18(19(23)24)17(11-14)13-5-9-16(26-4)10-6-13;9-6-2-1-5-4-10-8(11)7(5)3-6;1-3(5)7-8-4(2)6;1-2-3-4;1-2(4)5-3;2-1-3;/h4-6,8,11-12,15,21-22H,3,7,9-10,13-14,16-17H2,1-2H3,(H,29,32);2-4,6,9-10,13,17-18,26H,5,7-8,11-12,14H2,1H3,(H,27,29);7-8,11-12,17-18H,6,9-10,13-14H2,1-5H3;5-6,9-10,14-15H,7-8,11-12H2,1-4H3,(H,23,24);1-3H,4,9H2,(H,10,11);1-2H3;3H,2H2,1H3;1H3;;/q;;;;;;;-1;;+1. The molecule has 7 N–H and O–H groups in total. The van der Waals surface area contributed by atoms with E-state index in [1.807, 2.05) is 169 Å². The van der Waals surface area contributed by atoms with E-state index in [1.165, 1.54) is 30.1 Å². The zero-order chi connectivity index (χ0) is 107. The van der Waals surface area contributed by atoms with Gasteiger partial charge in [-0.1, -0.05) is 93.1 Å². The Labute approximate surface area is 890 Å². The molecule has 34 heteroatoms. The number of aryl methyl sites for hydroxylation is 2. The number of carboxylic acid groups (broad SMARTS) is 1. The van der Waals surface area contributed by atoms with E-state index in [4.69, 9.17) is 43.7 Å². The molecule has 4 saturated heterocycles. The number of ketones is 2. The van der Waals surface area contributed by atoms with Crippen LogP contribution in [0.5, 0.6) is 23.0 Å². The van der Waals surface area contributed by atoms with Crippen molar-refractivity contribution >= 4 is 125 Å². The van der Waals surface area contributed by atoms with E-state index in [2.05, 4.69) is 86.8 Å². The summed E-state index contributed by atoms with van der Waals surface area (Å²) < 4.78 is 36.0. The molecule has 0 spiro atoms. The molecule has 8 bridgehead atoms. The van der Waals surface area contributed by atoms with Gasteiger partial charge < -0.3 is 87.8 Å². The van der Waals surface area contributed by atoms with Crippen LogP contribution in [0.3, 0.4) is 0 Å². The van der Waals surface area contributed by atoms with Gasteiger partial charge in [-0.15, -0.1) is 0 Å². The minimum atomic E-state index is -0.919. The number of aliphatic carboxylic acids is 1. The number of carbonyl (C=O) groups is 12. The average molecular weight is 2040 g/mol. The molecule has 0 aromatic heterocycles. The largest absolute Gasteiger partial charge is 1.00 e. The predicted octanol–water partition coefficient (Wildman–Crippen LogP) is 16.1. The molecule has 2 aliphatic carbocycles. The van der Waals surface area contributed by atoms with Gasteiger partial charge in [0, 0.05) is 152 Å². The molecule has 5 amide bonds. The summed E-state index contributed by atoms with van der Waals surface area (Å²) in [7, 11) is 10.9. The molecular formula is C114H139BN8NaO24. The molecule has 32 nitrogen and oxygen atoms in total. The second-order valence-electron chi connectivity index (χ2n) is 39.5. The number of ether oxygens (including phenoxy) is 6. The van der Waals surface area contributed by atoms with E-state index in [9.17, 15) is 62.6 Å². The molecule has 783 valence electrons. The van der Waals surface area contributed by atoms with Crippen molar-refractivity contribution < 1.29 is 145 Å². The number of nitrogens with two attached hydrogens (primary N) is 1. The van der Waals surface area contributed by atoms with Gasteiger partial charge >= 0.3 is 65.8 Å². The number of nitrogens with zero attached hydrogens (tertiary/aromatic N) is 3. The van der Waals surface area contributed by atoms with Gasteiger partial charge in [0.05, 0.1) is 28.4 Å². The fourth-order valence-electron chi connectivity index (χ4n) is 20.4. The Morgan fingerprint density at radius 3 is 1.22 bits per heavy atom. The van der Waals surface area contributed by atoms with E-state index in [0.29, 0.717) is 97.4 Å². The number of nitrogen functional groups attached to an aromatic ring is 1. The molecule has 7 aromatic carbocycles. The van der Waals surface area contributed by atoms with Gasteiger partial charge in [-0.25, -0.2) is 33.7 Å². The Morgan fingerprint density at radius 1 is 0.466 bits per heavy atom. The molecule has 0 saturated carbocycles. The van der Waals surface area contributed by atoms with Gasteiger partial charge in [-0.05, 0) is 316 Å². The number of hydrogen-bond acceptors (Lipinski definition) is 26. The second-order valence-corrected chi connectivity index (χ2v) is 39.5. The zero-order valence-corrected chi connectivity index (χ0v) is 90.1. The first-order chi connectivity index (χ1) is 70.2. The molecule has 11 aliphatic rings. The maximum atomic E-state index is 13.7. The Balaban J connectivity index is 0.000000200. The van der Waals surface area contributed by atoms with Gasteiger partial charge in [0.2, 0.25) is 5.97 Å². The number of aldehydes is 1. The third kappa shape index (κ3) is 33.1. The number of rotatable bonds is 17. The van der Waals surface area contributed by atoms with Gasteiger partial charge in [0.1, 0.15) is 40.5 Å². The normalized spacial score (nSPS) is 19.6. The van der Waals surface area contributed by atoms with Crippen LogP contribution in [0.2, 0.25) is 0 Å². The van der Waals surface area contributed by atoms with Crippen molar-refractivity contribution in [2.24, 2.45) is 0 Å². The minimum absolute atomic E-state index is 0. The second kappa shape index (κ2) is 56.2. The van der Waals surface area contributed by atoms with Crippen molar-refractivity contribution in [3.05, 3.63) is 230 Å². The van der Waals surface area contributed by atoms with Crippen molar-refractivity contribution in [3.63, 3.8) is 0 Å². The first-order valence-electron chi connectivity index (χ1n) is 50.2. The topological polar surface area (TPSA) is 426 Å². The van der Waals surface area contributed by atoms with Crippen LogP contribution in [0.4, 0.5) is 26.7 Å². The monoisotopic (exact) mass is 2040 g/mol. The molecule has 8 atom stereocenters. The summed E-state index contributed by atoms with van der Waals surface area (Å²) in [6.45, 7) is 22.8. The van der Waals surface area contributed by atoms with Gasteiger partial charge in [-0.3, -0.25) is 33.7 Å². The molecule has 8 unspecified atom stereocenters. The first kappa shape index (κ1) is 118. The average Bonchev–Trinajstić information content (AvgIpc) is 1.64. The van der Waals surface area contributed by atoms with E-state index < -0.39 is 35.1 Å². The van der Waals surface area contributed by atoms with Crippen LogP contribution in [0.1, 0.15) is 288 Å². The molecule has 4 fully saturated rings. The summed E-state index contributed by atoms with van der Waals surface area (Å²) in [6, 6.07) is 50.6. The van der Waals surface area contributed by atoms with Gasteiger partial charge in [-0.2, -0.15) is 9.59 Å². The van der Waals surface area contributed by atoms with E-state index in [1.54, 1.807) is 45.5 Å². The number of amides is 5. The fraction of sp³-hybridized carbons (Fsp3) is 0.447. The van der Waals surface area contributed by atoms with Crippen LogP contribution in [-0.4, -0.2) is 200 Å². The predicted molar refractivity (Wildman–Crippen MR) is 558 cm³/mol. The maximum Gasteiger partial charge on any atom is 1.00 e. The summed E-state index contributed by atoms with van der Waals surface area (Å²) in [6.07, 6.45) is 20.4. The summed E-state index contributed by atoms with van der Waals surface area (Å²) in [4.78, 5) is 169. The smallest absolute Gasteiger partial charge is 0.793 e. The summed E-state index contributed by atoms with van der Waals surface area (Å²) >= 11 is 0. The minimum Gasteiger partial charge on any atom is -0.793 e. The number of carboxylic acids is 1. The van der Waals surface area contributed by atoms with Gasteiger partial charge in [0.25, 0.3) is 17.7 Å². The van der Waals surface area contributed by atoms with Gasteiger partial charge in [0.15, 0.2) is 11.6 Å². The number of nitrogens with one attached hydrogen (secondary N) is 4. The third-order valence-electron chi connectivity index (χ3n) is 27.1. The quantitative estimate of drug-likeness (QED) is 0.0162. The van der Waals surface area contributed by atoms with Crippen LogP contribution in [-0.2, 0) is 86.4 Å². The Bertz CT molecular complexity index is 6020. The number of hydrogen-bond donors (Lipinski definition) is 6. The molecular weight excluding hydrogens is 1900 g/mol. The van der Waals surface area contributed by atoms with Crippen LogP contribution >= 0.6 is 0 Å². The molecule has 148 heavy (non-hydrogen) atoms. The zero-order valence-electron chi connectivity index (χ0n) is 88.1. The molecule has 7 aromatic rings. The van der Waals surface area contributed by atoms with Crippen molar-refractivity contribution in [2.45, 2.75) is 297 Å². The maximum absolute atomic E-state index is 13.7. The number of carbonyl (C=O) groups excluding carboxylic acids is 13. The van der Waals surface area contributed by atoms with E-state index >= 15 is 0 Å². The third-order valence-corrected chi connectivity index (χ3v) is 27.1. The van der Waals surface area contributed by atoms with Crippen molar-refractivity contribution in [2.75, 3.05) is 51.4 Å². The van der Waals surface area contributed by atoms with Crippen LogP contribution < -0.4 is 75.5 Å². The van der Waals surface area contributed by atoms with Crippen molar-refractivity contribution in [1.29, 1.82) is 0 Å². The fourth-order valence-corrected chi connectivity index (χ4v) is 20.4. The Hall–Kier alpha value is -13.3. The summed E-state index contributed by atoms with van der Waals surface area (Å²) in [5, 5.41) is 22.4. The molecule has 9 heterocycles. The number of Topliss-reactive ketones (excluding diaryl/α,β-unsaturated/α-hetero) is 2. The number of benzene rings is 7. The number of anilines is 3. The number of fused-ring (bicyclic) bond motifs is 11. The van der Waals surface area contributed by atoms with Crippen LogP contribution in [0, 0.1) is 0 Å². The molecule has 3 radical (unpaired) electrons. The van der Waals surface area contributed by atoms with Crippen molar-refractivity contribution in [3.8, 4) is 23.0 Å². The SMILES string of the molecule is CC(=O)OOC(C)=O.CCC1=C(c2ccc(OC)cc2)CC2CCC(C1)N2C(=O)OC(C)(C)C.CCC=O.CCCN1C2CCC1CC(c1ccc(OC)cc1)=C(C(=O)Nc1ccc3c(c1)C(=O)CC3)C2.COc1ccc(C2=C(C(=O)Nc3ccc4c(c3)C(=O)CC4)CC3CCC(C2)N3)cc1.COc1ccc(C2=C(C(=O)O)CC3CCC(C2)N3C(=O)OC(C)(C)C)cc1.Nc1ccc2c(c1)C(=O)NC2.O=C=O.[B-]OC(C)=O.[Na+]. The summed E-state index contributed by atoms with van der Waals surface area (Å²) in [5.41, 5.74) is 24.2. The first-order valence-corrected chi connectivity index (χ1v) is 50.2. The molecule has 18 rings (SSSR count). The Kier molecular flexibility index (Phi) is 44.9. The van der Waals surface area contributed by atoms with E-state index in [-0.39, 0.29) is 101 Å². The molecule has 9 aliphatic heterocycles.